The molecule has 1 N–H and O–H groups in total. The van der Waals surface area contributed by atoms with Crippen LogP contribution in [0.1, 0.15) is 56.7 Å². The van der Waals surface area contributed by atoms with Gasteiger partial charge in [0.15, 0.2) is 0 Å². The maximum absolute atomic E-state index is 4.53. The molecule has 3 heterocycles. The molecular formula is C15H23N3. The molecule has 0 radical (unpaired) electrons. The standard InChI is InChI=1S/C15H23N3/c1-10(2)7-15-4-3-5-18(15)13-6-11-9-16-17-14(11)12(13)8-15/h9-10,12-13H,3-8H2,1-2H3,(H,16,17). The largest absolute Gasteiger partial charge is 0.294 e. The number of H-pyrrole nitrogens is 1. The van der Waals surface area contributed by atoms with Crippen LogP contribution < -0.4 is 0 Å². The zero-order valence-corrected chi connectivity index (χ0v) is 11.4. The van der Waals surface area contributed by atoms with Crippen LogP contribution in [0.5, 0.6) is 0 Å². The topological polar surface area (TPSA) is 31.9 Å². The van der Waals surface area contributed by atoms with Crippen molar-refractivity contribution < 1.29 is 0 Å². The van der Waals surface area contributed by atoms with Crippen LogP contribution in [0.2, 0.25) is 0 Å². The molecule has 0 spiro atoms. The van der Waals surface area contributed by atoms with Gasteiger partial charge in [0.25, 0.3) is 0 Å². The highest BCUT2D eigenvalue weighted by Gasteiger charge is 2.56. The third kappa shape index (κ3) is 1.31. The van der Waals surface area contributed by atoms with Gasteiger partial charge in [0.1, 0.15) is 0 Å². The van der Waals surface area contributed by atoms with E-state index >= 15 is 0 Å². The van der Waals surface area contributed by atoms with Crippen molar-refractivity contribution in [3.8, 4) is 0 Å². The molecule has 2 aliphatic heterocycles. The molecule has 98 valence electrons. The maximum Gasteiger partial charge on any atom is 0.0701 e. The Balaban J connectivity index is 1.68. The normalized spacial score (nSPS) is 38.2. The van der Waals surface area contributed by atoms with Crippen molar-refractivity contribution in [1.82, 2.24) is 15.1 Å². The molecule has 1 aromatic heterocycles. The van der Waals surface area contributed by atoms with Gasteiger partial charge < -0.3 is 0 Å². The van der Waals surface area contributed by atoms with Gasteiger partial charge in [-0.25, -0.2) is 0 Å². The van der Waals surface area contributed by atoms with Gasteiger partial charge in [-0.3, -0.25) is 10.00 Å². The molecular weight excluding hydrogens is 222 g/mol. The Bertz CT molecular complexity index is 464. The molecule has 0 saturated carbocycles. The number of aromatic nitrogens is 2. The Morgan fingerprint density at radius 3 is 3.28 bits per heavy atom. The van der Waals surface area contributed by atoms with E-state index in [0.29, 0.717) is 11.5 Å². The van der Waals surface area contributed by atoms with E-state index in [0.717, 1.165) is 12.0 Å². The number of hydrogen-bond acceptors (Lipinski definition) is 2. The zero-order chi connectivity index (χ0) is 12.3. The quantitative estimate of drug-likeness (QED) is 0.868. The molecule has 0 aromatic carbocycles. The lowest BCUT2D eigenvalue weighted by Gasteiger charge is -2.36. The van der Waals surface area contributed by atoms with E-state index in [2.05, 4.69) is 35.1 Å². The van der Waals surface area contributed by atoms with Gasteiger partial charge in [0, 0.05) is 23.7 Å². The summed E-state index contributed by atoms with van der Waals surface area (Å²) in [5.41, 5.74) is 3.38. The zero-order valence-electron chi connectivity index (χ0n) is 11.4. The van der Waals surface area contributed by atoms with E-state index in [4.69, 9.17) is 0 Å². The lowest BCUT2D eigenvalue weighted by atomic mass is 9.82. The molecule has 3 heteroatoms. The summed E-state index contributed by atoms with van der Waals surface area (Å²) in [6, 6.07) is 0.762. The second-order valence-corrected chi connectivity index (χ2v) is 7.00. The third-order valence-electron chi connectivity index (χ3n) is 5.44. The Kier molecular flexibility index (Phi) is 2.20. The summed E-state index contributed by atoms with van der Waals surface area (Å²) in [4.78, 5) is 2.86. The van der Waals surface area contributed by atoms with E-state index in [1.54, 1.807) is 0 Å². The van der Waals surface area contributed by atoms with Crippen LogP contribution in [-0.2, 0) is 6.42 Å². The SMILES string of the molecule is CC(C)CC12CCCN1C1Cc3c[nH]nc3C1C2. The lowest BCUT2D eigenvalue weighted by molar-refractivity contribution is 0.126. The maximum atomic E-state index is 4.53. The molecule has 2 saturated heterocycles. The van der Waals surface area contributed by atoms with E-state index in [1.807, 2.05) is 0 Å². The summed E-state index contributed by atoms with van der Waals surface area (Å²) in [6.07, 6.45) is 8.90. The Morgan fingerprint density at radius 2 is 2.44 bits per heavy atom. The van der Waals surface area contributed by atoms with Crippen molar-refractivity contribution in [3.05, 3.63) is 17.5 Å². The number of rotatable bonds is 2. The Labute approximate surface area is 109 Å². The first-order valence-electron chi connectivity index (χ1n) is 7.49. The van der Waals surface area contributed by atoms with Gasteiger partial charge >= 0.3 is 0 Å². The van der Waals surface area contributed by atoms with Gasteiger partial charge in [-0.2, -0.15) is 5.10 Å². The van der Waals surface area contributed by atoms with Crippen molar-refractivity contribution in [2.24, 2.45) is 5.92 Å². The summed E-state index contributed by atoms with van der Waals surface area (Å²) in [6.45, 7) is 6.07. The highest BCUT2D eigenvalue weighted by atomic mass is 15.3. The molecule has 4 rings (SSSR count). The van der Waals surface area contributed by atoms with Crippen LogP contribution in [0, 0.1) is 5.92 Å². The van der Waals surface area contributed by atoms with Crippen LogP contribution >= 0.6 is 0 Å². The number of hydrogen-bond donors (Lipinski definition) is 1. The van der Waals surface area contributed by atoms with Crippen molar-refractivity contribution in [1.29, 1.82) is 0 Å². The van der Waals surface area contributed by atoms with Crippen LogP contribution in [-0.4, -0.2) is 33.2 Å². The minimum atomic E-state index is 0.514. The molecule has 3 atom stereocenters. The number of nitrogens with zero attached hydrogens (tertiary/aromatic N) is 2. The minimum Gasteiger partial charge on any atom is -0.294 e. The van der Waals surface area contributed by atoms with Crippen molar-refractivity contribution in [3.63, 3.8) is 0 Å². The first-order valence-corrected chi connectivity index (χ1v) is 7.49. The fraction of sp³-hybridized carbons (Fsp3) is 0.800. The van der Waals surface area contributed by atoms with Crippen LogP contribution in [0.3, 0.4) is 0 Å². The summed E-state index contributed by atoms with van der Waals surface area (Å²) >= 11 is 0. The first-order chi connectivity index (χ1) is 8.70. The second kappa shape index (κ2) is 3.60. The smallest absolute Gasteiger partial charge is 0.0701 e. The number of fused-ring (bicyclic) bond motifs is 5. The van der Waals surface area contributed by atoms with Gasteiger partial charge in [0.05, 0.1) is 5.69 Å². The van der Waals surface area contributed by atoms with Crippen molar-refractivity contribution in [2.75, 3.05) is 6.54 Å². The lowest BCUT2D eigenvalue weighted by Crippen LogP contribution is -2.43. The van der Waals surface area contributed by atoms with Crippen LogP contribution in [0.4, 0.5) is 0 Å². The van der Waals surface area contributed by atoms with Gasteiger partial charge in [0.2, 0.25) is 0 Å². The highest BCUT2D eigenvalue weighted by molar-refractivity contribution is 5.34. The second-order valence-electron chi connectivity index (χ2n) is 7.00. The Morgan fingerprint density at radius 1 is 1.56 bits per heavy atom. The minimum absolute atomic E-state index is 0.514. The number of aromatic amines is 1. The van der Waals surface area contributed by atoms with Gasteiger partial charge in [-0.1, -0.05) is 13.8 Å². The highest BCUT2D eigenvalue weighted by Crippen LogP contribution is 2.55. The third-order valence-corrected chi connectivity index (χ3v) is 5.44. The van der Waals surface area contributed by atoms with Crippen LogP contribution in [0.15, 0.2) is 6.20 Å². The molecule has 18 heavy (non-hydrogen) atoms. The Hall–Kier alpha value is -0.830. The average Bonchev–Trinajstić information content (AvgIpc) is 2.95. The fourth-order valence-electron chi connectivity index (χ4n) is 5.09. The molecule has 3 nitrogen and oxygen atoms in total. The van der Waals surface area contributed by atoms with Crippen molar-refractivity contribution in [2.45, 2.75) is 63.5 Å². The van der Waals surface area contributed by atoms with E-state index in [-0.39, 0.29) is 0 Å². The van der Waals surface area contributed by atoms with E-state index in [1.165, 1.54) is 49.9 Å². The van der Waals surface area contributed by atoms with E-state index in [9.17, 15) is 0 Å². The molecule has 0 bridgehead atoms. The van der Waals surface area contributed by atoms with Crippen LogP contribution in [0.25, 0.3) is 0 Å². The predicted molar refractivity (Wildman–Crippen MR) is 71.6 cm³/mol. The molecule has 3 unspecified atom stereocenters. The summed E-state index contributed by atoms with van der Waals surface area (Å²) in [5.74, 6) is 1.52. The predicted octanol–water partition coefficient (Wildman–Crippen LogP) is 2.70. The molecule has 1 aromatic rings. The molecule has 0 amide bonds. The molecule has 2 fully saturated rings. The molecule has 3 aliphatic rings. The summed E-state index contributed by atoms with van der Waals surface area (Å²) < 4.78 is 0. The fourth-order valence-corrected chi connectivity index (χ4v) is 5.09. The monoisotopic (exact) mass is 245 g/mol. The molecule has 1 aliphatic carbocycles. The first kappa shape index (κ1) is 11.0. The average molecular weight is 245 g/mol. The van der Waals surface area contributed by atoms with E-state index < -0.39 is 0 Å². The summed E-state index contributed by atoms with van der Waals surface area (Å²) in [5, 5.41) is 7.59. The van der Waals surface area contributed by atoms with Gasteiger partial charge in [-0.15, -0.1) is 0 Å². The number of nitrogens with one attached hydrogen (secondary N) is 1. The summed E-state index contributed by atoms with van der Waals surface area (Å²) in [7, 11) is 0. The van der Waals surface area contributed by atoms with Crippen molar-refractivity contribution >= 4 is 0 Å². The van der Waals surface area contributed by atoms with Gasteiger partial charge in [-0.05, 0) is 50.1 Å².